The van der Waals surface area contributed by atoms with Crippen LogP contribution >= 0.6 is 11.5 Å². The zero-order valence-corrected chi connectivity index (χ0v) is 12.9. The zero-order chi connectivity index (χ0) is 16.4. The van der Waals surface area contributed by atoms with E-state index in [1.54, 1.807) is 18.3 Å². The molecule has 0 aliphatic carbocycles. The Bertz CT molecular complexity index is 903. The minimum atomic E-state index is -0.492. The molecule has 7 heteroatoms. The molecule has 0 spiro atoms. The molecular formula is C16H11FN4OS. The van der Waals surface area contributed by atoms with Gasteiger partial charge < -0.3 is 10.5 Å². The average Bonchev–Trinajstić information content (AvgIpc) is 3.08. The largest absolute Gasteiger partial charge is 0.494 e. The van der Waals surface area contributed by atoms with Crippen LogP contribution < -0.4 is 10.5 Å². The highest BCUT2D eigenvalue weighted by Gasteiger charge is 2.15. The lowest BCUT2D eigenvalue weighted by Crippen LogP contribution is -2.00. The summed E-state index contributed by atoms with van der Waals surface area (Å²) in [6.45, 7) is 0. The first-order valence-corrected chi connectivity index (χ1v) is 7.42. The van der Waals surface area contributed by atoms with Crippen LogP contribution in [0.25, 0.3) is 22.4 Å². The number of hydrogen-bond donors (Lipinski definition) is 1. The molecule has 114 valence electrons. The Balaban J connectivity index is 2.18. The number of pyridine rings is 1. The zero-order valence-electron chi connectivity index (χ0n) is 12.1. The van der Waals surface area contributed by atoms with Gasteiger partial charge in [0.25, 0.3) is 0 Å². The molecule has 0 saturated heterocycles. The first-order valence-electron chi connectivity index (χ1n) is 6.58. The van der Waals surface area contributed by atoms with Gasteiger partial charge in [-0.2, -0.15) is 5.26 Å². The lowest BCUT2D eigenvalue weighted by atomic mass is 10.0. The van der Waals surface area contributed by atoms with Crippen molar-refractivity contribution in [3.63, 3.8) is 0 Å². The van der Waals surface area contributed by atoms with E-state index in [9.17, 15) is 9.65 Å². The molecule has 0 unspecified atom stereocenters. The molecule has 2 aromatic heterocycles. The summed E-state index contributed by atoms with van der Waals surface area (Å²) >= 11 is 1.27. The van der Waals surface area contributed by atoms with Gasteiger partial charge in [0.15, 0.2) is 11.6 Å². The normalized spacial score (nSPS) is 10.3. The Morgan fingerprint density at radius 3 is 2.74 bits per heavy atom. The van der Waals surface area contributed by atoms with Crippen molar-refractivity contribution in [1.82, 2.24) is 9.36 Å². The summed E-state index contributed by atoms with van der Waals surface area (Å²) in [4.78, 5) is 4.21. The van der Waals surface area contributed by atoms with Gasteiger partial charge in [0.2, 0.25) is 0 Å². The first-order chi connectivity index (χ1) is 11.1. The highest BCUT2D eigenvalue weighted by molar-refractivity contribution is 7.03. The number of aromatic nitrogens is 2. The SMILES string of the molecule is COc1ccc(-c2cc(-c3cnsc3)c(C#N)c(N)n2)cc1F. The van der Waals surface area contributed by atoms with Gasteiger partial charge in [-0.25, -0.2) is 13.7 Å². The van der Waals surface area contributed by atoms with Gasteiger partial charge in [-0.3, -0.25) is 0 Å². The predicted molar refractivity (Wildman–Crippen MR) is 86.4 cm³/mol. The van der Waals surface area contributed by atoms with Gasteiger partial charge in [-0.1, -0.05) is 0 Å². The van der Waals surface area contributed by atoms with E-state index in [0.717, 1.165) is 5.56 Å². The Labute approximate surface area is 136 Å². The third-order valence-corrected chi connectivity index (χ3v) is 3.94. The van der Waals surface area contributed by atoms with Gasteiger partial charge in [0.1, 0.15) is 17.5 Å². The summed E-state index contributed by atoms with van der Waals surface area (Å²) in [7, 11) is 1.40. The number of anilines is 1. The van der Waals surface area contributed by atoms with E-state index in [1.165, 1.54) is 30.8 Å². The van der Waals surface area contributed by atoms with E-state index >= 15 is 0 Å². The van der Waals surface area contributed by atoms with E-state index in [2.05, 4.69) is 15.4 Å². The number of benzene rings is 1. The fourth-order valence-corrected chi connectivity index (χ4v) is 2.76. The molecule has 1 aromatic carbocycles. The highest BCUT2D eigenvalue weighted by atomic mass is 32.1. The van der Waals surface area contributed by atoms with Crippen LogP contribution in [0.5, 0.6) is 5.75 Å². The second-order valence-corrected chi connectivity index (χ2v) is 5.35. The molecule has 3 aromatic rings. The van der Waals surface area contributed by atoms with Crippen LogP contribution in [0, 0.1) is 17.1 Å². The Hall–Kier alpha value is -2.98. The van der Waals surface area contributed by atoms with Gasteiger partial charge in [-0.15, -0.1) is 0 Å². The van der Waals surface area contributed by atoms with E-state index in [1.807, 2.05) is 5.38 Å². The molecule has 0 atom stereocenters. The molecule has 0 amide bonds. The molecule has 0 fully saturated rings. The number of halogens is 1. The number of nitrogens with zero attached hydrogens (tertiary/aromatic N) is 3. The Kier molecular flexibility index (Phi) is 3.91. The Morgan fingerprint density at radius 2 is 2.13 bits per heavy atom. The van der Waals surface area contributed by atoms with Crippen LogP contribution in [0.1, 0.15) is 5.56 Å². The number of methoxy groups -OCH3 is 1. The maximum absolute atomic E-state index is 13.9. The maximum Gasteiger partial charge on any atom is 0.165 e. The third kappa shape index (κ3) is 2.72. The van der Waals surface area contributed by atoms with Gasteiger partial charge in [0.05, 0.1) is 12.8 Å². The van der Waals surface area contributed by atoms with Crippen molar-refractivity contribution in [1.29, 1.82) is 5.26 Å². The predicted octanol–water partition coefficient (Wildman–Crippen LogP) is 3.47. The van der Waals surface area contributed by atoms with Crippen LogP contribution in [-0.2, 0) is 0 Å². The number of nitrogen functional groups attached to an aromatic ring is 1. The highest BCUT2D eigenvalue weighted by Crippen LogP contribution is 2.32. The quantitative estimate of drug-likeness (QED) is 0.796. The lowest BCUT2D eigenvalue weighted by molar-refractivity contribution is 0.386. The molecule has 2 N–H and O–H groups in total. The van der Waals surface area contributed by atoms with Gasteiger partial charge in [0, 0.05) is 28.3 Å². The molecule has 0 saturated carbocycles. The van der Waals surface area contributed by atoms with Crippen molar-refractivity contribution < 1.29 is 9.13 Å². The van der Waals surface area contributed by atoms with Crippen molar-refractivity contribution >= 4 is 17.4 Å². The smallest absolute Gasteiger partial charge is 0.165 e. The summed E-state index contributed by atoms with van der Waals surface area (Å²) < 4.78 is 22.9. The average molecular weight is 326 g/mol. The molecule has 0 aliphatic heterocycles. The number of nitrogens with two attached hydrogens (primary N) is 1. The van der Waals surface area contributed by atoms with Crippen molar-refractivity contribution in [2.45, 2.75) is 0 Å². The molecule has 23 heavy (non-hydrogen) atoms. The van der Waals surface area contributed by atoms with E-state index in [-0.39, 0.29) is 17.1 Å². The van der Waals surface area contributed by atoms with Crippen LogP contribution in [-0.4, -0.2) is 16.5 Å². The number of rotatable bonds is 3. The van der Waals surface area contributed by atoms with E-state index in [4.69, 9.17) is 10.5 Å². The minimum absolute atomic E-state index is 0.0995. The van der Waals surface area contributed by atoms with Crippen molar-refractivity contribution in [3.8, 4) is 34.2 Å². The molecule has 3 rings (SSSR count). The van der Waals surface area contributed by atoms with Crippen LogP contribution in [0.15, 0.2) is 35.8 Å². The first kappa shape index (κ1) is 14.9. The van der Waals surface area contributed by atoms with Crippen LogP contribution in [0.2, 0.25) is 0 Å². The van der Waals surface area contributed by atoms with Crippen LogP contribution in [0.3, 0.4) is 0 Å². The van der Waals surface area contributed by atoms with Gasteiger partial charge >= 0.3 is 0 Å². The molecule has 0 aliphatic rings. The third-order valence-electron chi connectivity index (χ3n) is 3.35. The number of hydrogen-bond acceptors (Lipinski definition) is 6. The fourth-order valence-electron chi connectivity index (χ4n) is 2.22. The second-order valence-electron chi connectivity index (χ2n) is 4.69. The maximum atomic E-state index is 13.9. The topological polar surface area (TPSA) is 84.8 Å². The Morgan fingerprint density at radius 1 is 1.30 bits per heavy atom. The van der Waals surface area contributed by atoms with Crippen molar-refractivity contribution in [2.24, 2.45) is 0 Å². The molecule has 5 nitrogen and oxygen atoms in total. The standard InChI is InChI=1S/C16H11FN4OS/c1-22-15-3-2-9(4-13(15)17)14-5-11(10-7-20-23-8-10)12(6-18)16(19)21-14/h2-5,7-8H,1H3,(H2,19,21). The molecule has 2 heterocycles. The van der Waals surface area contributed by atoms with E-state index < -0.39 is 5.82 Å². The molecular weight excluding hydrogens is 315 g/mol. The van der Waals surface area contributed by atoms with Crippen molar-refractivity contribution in [3.05, 3.63) is 47.2 Å². The monoisotopic (exact) mass is 326 g/mol. The summed E-state index contributed by atoms with van der Waals surface area (Å²) in [5.74, 6) is -0.242. The van der Waals surface area contributed by atoms with Crippen molar-refractivity contribution in [2.75, 3.05) is 12.8 Å². The molecule has 0 bridgehead atoms. The summed E-state index contributed by atoms with van der Waals surface area (Å²) in [6.07, 6.45) is 1.65. The summed E-state index contributed by atoms with van der Waals surface area (Å²) in [5, 5.41) is 11.1. The van der Waals surface area contributed by atoms with E-state index in [0.29, 0.717) is 16.8 Å². The lowest BCUT2D eigenvalue weighted by Gasteiger charge is -2.09. The number of ether oxygens (including phenoxy) is 1. The summed E-state index contributed by atoms with van der Waals surface area (Å²) in [5.41, 5.74) is 8.60. The number of nitriles is 1. The molecule has 0 radical (unpaired) electrons. The fraction of sp³-hybridized carbons (Fsp3) is 0.0625. The minimum Gasteiger partial charge on any atom is -0.494 e. The van der Waals surface area contributed by atoms with Gasteiger partial charge in [-0.05, 0) is 35.8 Å². The van der Waals surface area contributed by atoms with Crippen LogP contribution in [0.4, 0.5) is 10.2 Å². The second kappa shape index (κ2) is 6.02. The summed E-state index contributed by atoms with van der Waals surface area (Å²) in [6, 6.07) is 8.29.